The normalized spacial score (nSPS) is 19.7. The van der Waals surface area contributed by atoms with Gasteiger partial charge in [0.05, 0.1) is 24.3 Å². The molecule has 0 radical (unpaired) electrons. The molecule has 0 saturated carbocycles. The molecule has 3 heterocycles. The fraction of sp³-hybridized carbons (Fsp3) is 0.304. The molecule has 2 aliphatic heterocycles. The topological polar surface area (TPSA) is 84.5 Å². The van der Waals surface area contributed by atoms with Gasteiger partial charge in [0.1, 0.15) is 17.6 Å². The van der Waals surface area contributed by atoms with E-state index < -0.39 is 5.56 Å². The molecule has 0 aliphatic carbocycles. The molecular weight excluding hydrogens is 387 g/mol. The molecule has 0 amide bonds. The predicted molar refractivity (Wildman–Crippen MR) is 109 cm³/mol. The quantitative estimate of drug-likeness (QED) is 0.703. The van der Waals surface area contributed by atoms with Crippen LogP contribution < -0.4 is 5.56 Å². The second-order valence-electron chi connectivity index (χ2n) is 7.27. The zero-order valence-electron chi connectivity index (χ0n) is 16.3. The van der Waals surface area contributed by atoms with Crippen molar-refractivity contribution in [3.63, 3.8) is 0 Å². The van der Waals surface area contributed by atoms with Gasteiger partial charge in [-0.1, -0.05) is 24.3 Å². The molecular formula is C23H21FN2O4. The summed E-state index contributed by atoms with van der Waals surface area (Å²) in [6.45, 7) is 2.01. The Morgan fingerprint density at radius 2 is 1.70 bits per heavy atom. The van der Waals surface area contributed by atoms with Crippen molar-refractivity contribution in [3.05, 3.63) is 75.8 Å². The number of para-hydroxylation sites is 1. The minimum Gasteiger partial charge on any atom is -0.506 e. The highest BCUT2D eigenvalue weighted by Gasteiger charge is 2.33. The smallest absolute Gasteiger partial charge is 0.273 e. The number of benzene rings is 2. The van der Waals surface area contributed by atoms with E-state index in [0.29, 0.717) is 23.1 Å². The van der Waals surface area contributed by atoms with Crippen LogP contribution in [0.25, 0.3) is 10.9 Å². The number of pyridine rings is 1. The monoisotopic (exact) mass is 408 g/mol. The summed E-state index contributed by atoms with van der Waals surface area (Å²) in [5.74, 6) is -0.664. The van der Waals surface area contributed by atoms with Gasteiger partial charge in [-0.2, -0.15) is 5.26 Å². The maximum atomic E-state index is 13.0. The van der Waals surface area contributed by atoms with Crippen LogP contribution in [0.1, 0.15) is 24.0 Å². The molecule has 5 rings (SSSR count). The Bertz CT molecular complexity index is 1130. The van der Waals surface area contributed by atoms with Crippen LogP contribution in [-0.2, 0) is 16.0 Å². The van der Waals surface area contributed by atoms with Crippen molar-refractivity contribution in [3.8, 4) is 11.8 Å². The van der Waals surface area contributed by atoms with Gasteiger partial charge >= 0.3 is 0 Å². The van der Waals surface area contributed by atoms with Crippen molar-refractivity contribution < 1.29 is 19.0 Å². The van der Waals surface area contributed by atoms with Gasteiger partial charge in [0.25, 0.3) is 5.56 Å². The summed E-state index contributed by atoms with van der Waals surface area (Å²) in [5, 5.41) is 19.6. The van der Waals surface area contributed by atoms with Gasteiger partial charge in [-0.25, -0.2) is 4.39 Å². The van der Waals surface area contributed by atoms with Crippen molar-refractivity contribution >= 4 is 10.9 Å². The first-order valence-corrected chi connectivity index (χ1v) is 9.80. The highest BCUT2D eigenvalue weighted by Crippen LogP contribution is 2.26. The van der Waals surface area contributed by atoms with Gasteiger partial charge in [0.2, 0.25) is 0 Å². The summed E-state index contributed by atoms with van der Waals surface area (Å²) >= 11 is 0. The van der Waals surface area contributed by atoms with Crippen LogP contribution >= 0.6 is 0 Å². The number of aromatic nitrogens is 1. The molecule has 2 aliphatic rings. The lowest BCUT2D eigenvalue weighted by Crippen LogP contribution is -2.23. The number of hydrogen-bond acceptors (Lipinski definition) is 5. The number of nitriles is 1. The van der Waals surface area contributed by atoms with E-state index in [9.17, 15) is 14.3 Å². The molecule has 2 atom stereocenters. The molecule has 3 aromatic rings. The van der Waals surface area contributed by atoms with Gasteiger partial charge in [-0.3, -0.25) is 4.79 Å². The number of hydrogen-bond donors (Lipinski definition) is 1. The van der Waals surface area contributed by atoms with Gasteiger partial charge in [0.15, 0.2) is 5.56 Å². The molecule has 1 N–H and O–H groups in total. The Morgan fingerprint density at radius 1 is 1.07 bits per heavy atom. The van der Waals surface area contributed by atoms with Gasteiger partial charge in [-0.15, -0.1) is 0 Å². The maximum absolute atomic E-state index is 13.0. The molecule has 7 heteroatoms. The van der Waals surface area contributed by atoms with Crippen LogP contribution in [0.3, 0.4) is 0 Å². The number of rotatable bonds is 2. The Labute approximate surface area is 172 Å². The molecule has 0 bridgehead atoms. The molecule has 0 spiro atoms. The highest BCUT2D eigenvalue weighted by atomic mass is 19.1. The lowest BCUT2D eigenvalue weighted by atomic mass is 10.1. The van der Waals surface area contributed by atoms with Crippen molar-refractivity contribution in [1.29, 1.82) is 5.26 Å². The summed E-state index contributed by atoms with van der Waals surface area (Å²) in [6, 6.07) is 14.3. The highest BCUT2D eigenvalue weighted by molar-refractivity contribution is 5.87. The summed E-state index contributed by atoms with van der Waals surface area (Å²) in [4.78, 5) is 12.4. The van der Waals surface area contributed by atoms with E-state index in [2.05, 4.69) is 0 Å². The summed E-state index contributed by atoms with van der Waals surface area (Å²) in [7, 11) is 0. The molecule has 0 unspecified atom stereocenters. The third-order valence-electron chi connectivity index (χ3n) is 5.39. The minimum atomic E-state index is -0.567. The van der Waals surface area contributed by atoms with Crippen LogP contribution in [-0.4, -0.2) is 35.1 Å². The van der Waals surface area contributed by atoms with E-state index >= 15 is 0 Å². The number of halogens is 1. The molecule has 2 saturated heterocycles. The molecule has 154 valence electrons. The van der Waals surface area contributed by atoms with E-state index in [1.807, 2.05) is 0 Å². The van der Waals surface area contributed by atoms with Crippen molar-refractivity contribution in [2.45, 2.75) is 31.6 Å². The van der Waals surface area contributed by atoms with E-state index in [-0.39, 0.29) is 23.7 Å². The minimum absolute atomic E-state index is 0.189. The van der Waals surface area contributed by atoms with Gasteiger partial charge in [-0.05, 0) is 42.7 Å². The zero-order valence-corrected chi connectivity index (χ0v) is 16.3. The Kier molecular flexibility index (Phi) is 5.79. The Balaban J connectivity index is 0.000000225. The van der Waals surface area contributed by atoms with E-state index in [0.717, 1.165) is 31.6 Å². The second kappa shape index (κ2) is 8.66. The van der Waals surface area contributed by atoms with Crippen LogP contribution in [0, 0.1) is 17.1 Å². The number of aromatic hydroxyl groups is 1. The first kappa shape index (κ1) is 20.1. The summed E-state index contributed by atoms with van der Waals surface area (Å²) in [6.07, 6.45) is 3.14. The fourth-order valence-corrected chi connectivity index (χ4v) is 3.84. The molecule has 2 fully saturated rings. The van der Waals surface area contributed by atoms with Gasteiger partial charge < -0.3 is 19.1 Å². The zero-order chi connectivity index (χ0) is 21.1. The molecule has 1 aromatic heterocycles. The number of ether oxygens (including phenoxy) is 2. The van der Waals surface area contributed by atoms with Crippen molar-refractivity contribution in [2.75, 3.05) is 13.2 Å². The van der Waals surface area contributed by atoms with Crippen LogP contribution in [0.15, 0.2) is 53.3 Å². The molecule has 30 heavy (non-hydrogen) atoms. The predicted octanol–water partition coefficient (Wildman–Crippen LogP) is 3.33. The third kappa shape index (κ3) is 3.92. The van der Waals surface area contributed by atoms with Crippen LogP contribution in [0.4, 0.5) is 4.39 Å². The van der Waals surface area contributed by atoms with Crippen LogP contribution in [0.2, 0.25) is 0 Å². The third-order valence-corrected chi connectivity index (χ3v) is 5.39. The Hall–Kier alpha value is -3.21. The SMILES string of the molecule is C1C[C@H]2OCC[C@H]2O1.N#Cc1c(O)c2ccccc2n(Cc2ccc(F)cc2)c1=O. The molecule has 6 nitrogen and oxygen atoms in total. The van der Waals surface area contributed by atoms with E-state index in [4.69, 9.17) is 14.7 Å². The van der Waals surface area contributed by atoms with Crippen molar-refractivity contribution in [1.82, 2.24) is 4.57 Å². The first-order valence-electron chi connectivity index (χ1n) is 9.80. The summed E-state index contributed by atoms with van der Waals surface area (Å²) < 4.78 is 25.1. The number of nitrogens with zero attached hydrogens (tertiary/aromatic N) is 2. The second-order valence-corrected chi connectivity index (χ2v) is 7.27. The largest absolute Gasteiger partial charge is 0.506 e. The Morgan fingerprint density at radius 3 is 2.33 bits per heavy atom. The lowest BCUT2D eigenvalue weighted by Gasteiger charge is -2.12. The van der Waals surface area contributed by atoms with Crippen LogP contribution in [0.5, 0.6) is 5.75 Å². The maximum Gasteiger partial charge on any atom is 0.273 e. The van der Waals surface area contributed by atoms with Gasteiger partial charge in [0, 0.05) is 18.6 Å². The molecule has 2 aromatic carbocycles. The standard InChI is InChI=1S/C17H11FN2O2.C6H10O2/c18-12-7-5-11(6-8-12)10-20-15-4-2-1-3-13(15)16(21)14(9-19)17(20)22;1-3-7-6-2-4-8-5(1)6/h1-8,21H,10H2;5-6H,1-4H2/t;5-,6-/m.1/s1. The van der Waals surface area contributed by atoms with Crippen molar-refractivity contribution in [2.24, 2.45) is 0 Å². The van der Waals surface area contributed by atoms with E-state index in [1.165, 1.54) is 16.7 Å². The average Bonchev–Trinajstić information content (AvgIpc) is 3.39. The van der Waals surface area contributed by atoms with E-state index in [1.54, 1.807) is 42.5 Å². The average molecular weight is 408 g/mol. The first-order chi connectivity index (χ1) is 14.6. The summed E-state index contributed by atoms with van der Waals surface area (Å²) in [5.41, 5.74) is 0.389. The fourth-order valence-electron chi connectivity index (χ4n) is 3.84. The number of fused-ring (bicyclic) bond motifs is 2. The lowest BCUT2D eigenvalue weighted by molar-refractivity contribution is 0.0732.